The summed E-state index contributed by atoms with van der Waals surface area (Å²) < 4.78 is 5.38. The second kappa shape index (κ2) is 7.11. The molecule has 2 rings (SSSR count). The molecule has 0 bridgehead atoms. The van der Waals surface area contributed by atoms with Gasteiger partial charge < -0.3 is 10.1 Å². The molecule has 106 valence electrons. The average molecular weight is 280 g/mol. The summed E-state index contributed by atoms with van der Waals surface area (Å²) in [6, 6.07) is 16.4. The molecule has 0 heterocycles. The van der Waals surface area contributed by atoms with E-state index in [4.69, 9.17) is 10.00 Å². The number of nitrogens with zero attached hydrogens (tertiary/aromatic N) is 1. The lowest BCUT2D eigenvalue weighted by Crippen LogP contribution is -2.20. The Balaban J connectivity index is 1.91. The summed E-state index contributed by atoms with van der Waals surface area (Å²) in [6.07, 6.45) is 0.918. The number of nitrogens with one attached hydrogen (secondary N) is 1. The fourth-order valence-corrected chi connectivity index (χ4v) is 1.87. The quantitative estimate of drug-likeness (QED) is 0.915. The zero-order valence-corrected chi connectivity index (χ0v) is 11.8. The Labute approximate surface area is 124 Å². The number of ether oxygens (including phenoxy) is 1. The van der Waals surface area contributed by atoms with E-state index in [9.17, 15) is 4.79 Å². The third-order valence-corrected chi connectivity index (χ3v) is 2.95. The maximum Gasteiger partial charge on any atom is 0.262 e. The van der Waals surface area contributed by atoms with Crippen molar-refractivity contribution in [3.8, 4) is 11.8 Å². The second-order valence-corrected chi connectivity index (χ2v) is 4.53. The van der Waals surface area contributed by atoms with E-state index < -0.39 is 0 Å². The topological polar surface area (TPSA) is 62.1 Å². The van der Waals surface area contributed by atoms with Crippen LogP contribution in [0.4, 0.5) is 5.69 Å². The fraction of sp³-hybridized carbons (Fsp3) is 0.176. The first kappa shape index (κ1) is 14.6. The highest BCUT2D eigenvalue weighted by Crippen LogP contribution is 2.13. The van der Waals surface area contributed by atoms with Gasteiger partial charge >= 0.3 is 0 Å². The van der Waals surface area contributed by atoms with Crippen molar-refractivity contribution in [2.45, 2.75) is 13.3 Å². The van der Waals surface area contributed by atoms with Crippen molar-refractivity contribution < 1.29 is 9.53 Å². The van der Waals surface area contributed by atoms with Gasteiger partial charge in [0.15, 0.2) is 6.61 Å². The molecule has 2 aromatic rings. The lowest BCUT2D eigenvalue weighted by Gasteiger charge is -2.08. The van der Waals surface area contributed by atoms with Crippen LogP contribution >= 0.6 is 0 Å². The van der Waals surface area contributed by atoms with Crippen molar-refractivity contribution in [1.29, 1.82) is 5.26 Å². The standard InChI is InChI=1S/C17H16N2O2/c1-2-13-5-3-7-15(9-13)19-17(20)12-21-16-8-4-6-14(10-16)11-18/h3-10H,2,12H2,1H3,(H,19,20). The number of hydrogen-bond acceptors (Lipinski definition) is 3. The van der Waals surface area contributed by atoms with Crippen molar-refractivity contribution in [2.24, 2.45) is 0 Å². The zero-order chi connectivity index (χ0) is 15.1. The number of anilines is 1. The van der Waals surface area contributed by atoms with Gasteiger partial charge in [-0.2, -0.15) is 5.26 Å². The maximum atomic E-state index is 11.8. The molecule has 4 nitrogen and oxygen atoms in total. The molecule has 2 aromatic carbocycles. The molecule has 0 atom stereocenters. The minimum atomic E-state index is -0.231. The Kier molecular flexibility index (Phi) is 4.94. The van der Waals surface area contributed by atoms with Gasteiger partial charge in [-0.3, -0.25) is 4.79 Å². The first-order valence-corrected chi connectivity index (χ1v) is 6.73. The highest BCUT2D eigenvalue weighted by atomic mass is 16.5. The molecule has 0 saturated heterocycles. The third kappa shape index (κ3) is 4.36. The van der Waals surface area contributed by atoms with E-state index >= 15 is 0 Å². The zero-order valence-electron chi connectivity index (χ0n) is 11.8. The molecule has 0 aliphatic rings. The molecule has 21 heavy (non-hydrogen) atoms. The van der Waals surface area contributed by atoms with Crippen molar-refractivity contribution in [3.05, 3.63) is 59.7 Å². The summed E-state index contributed by atoms with van der Waals surface area (Å²) in [5.74, 6) is 0.275. The normalized spacial score (nSPS) is 9.71. The minimum Gasteiger partial charge on any atom is -0.484 e. The highest BCUT2D eigenvalue weighted by molar-refractivity contribution is 5.91. The van der Waals surface area contributed by atoms with Crippen LogP contribution in [0.5, 0.6) is 5.75 Å². The van der Waals surface area contributed by atoms with Gasteiger partial charge in [0.2, 0.25) is 0 Å². The van der Waals surface area contributed by atoms with Crippen molar-refractivity contribution in [2.75, 3.05) is 11.9 Å². The summed E-state index contributed by atoms with van der Waals surface area (Å²) >= 11 is 0. The molecule has 0 fully saturated rings. The Morgan fingerprint density at radius 3 is 2.81 bits per heavy atom. The third-order valence-electron chi connectivity index (χ3n) is 2.95. The Bertz CT molecular complexity index is 674. The number of carbonyl (C=O) groups excluding carboxylic acids is 1. The van der Waals surface area contributed by atoms with Crippen LogP contribution in [0.1, 0.15) is 18.1 Å². The van der Waals surface area contributed by atoms with E-state index in [2.05, 4.69) is 12.2 Å². The molecule has 1 N–H and O–H groups in total. The van der Waals surface area contributed by atoms with Gasteiger partial charge in [-0.15, -0.1) is 0 Å². The van der Waals surface area contributed by atoms with Crippen LogP contribution in [0.25, 0.3) is 0 Å². The molecule has 0 aromatic heterocycles. The van der Waals surface area contributed by atoms with E-state index in [1.807, 2.05) is 30.3 Å². The van der Waals surface area contributed by atoms with Crippen LogP contribution in [0.15, 0.2) is 48.5 Å². The van der Waals surface area contributed by atoms with E-state index in [1.165, 1.54) is 0 Å². The summed E-state index contributed by atoms with van der Waals surface area (Å²) in [6.45, 7) is 1.97. The predicted molar refractivity (Wildman–Crippen MR) is 81.1 cm³/mol. The molecular formula is C17H16N2O2. The van der Waals surface area contributed by atoms with Gasteiger partial charge in [-0.25, -0.2) is 0 Å². The first-order chi connectivity index (χ1) is 10.2. The molecule has 4 heteroatoms. The molecule has 0 spiro atoms. The van der Waals surface area contributed by atoms with Gasteiger partial charge in [0.1, 0.15) is 5.75 Å². The number of hydrogen-bond donors (Lipinski definition) is 1. The van der Waals surface area contributed by atoms with E-state index in [-0.39, 0.29) is 12.5 Å². The van der Waals surface area contributed by atoms with Crippen LogP contribution in [0.3, 0.4) is 0 Å². The van der Waals surface area contributed by atoms with Crippen LogP contribution in [-0.4, -0.2) is 12.5 Å². The summed E-state index contributed by atoms with van der Waals surface area (Å²) in [4.78, 5) is 11.8. The Hall–Kier alpha value is -2.80. The maximum absolute atomic E-state index is 11.8. The summed E-state index contributed by atoms with van der Waals surface area (Å²) in [5.41, 5.74) is 2.42. The Morgan fingerprint density at radius 2 is 2.05 bits per heavy atom. The molecule has 0 aliphatic carbocycles. The van der Waals surface area contributed by atoms with Crippen LogP contribution in [0, 0.1) is 11.3 Å². The SMILES string of the molecule is CCc1cccc(NC(=O)COc2cccc(C#N)c2)c1. The smallest absolute Gasteiger partial charge is 0.262 e. The molecule has 0 aliphatic heterocycles. The van der Waals surface area contributed by atoms with Crippen LogP contribution in [-0.2, 0) is 11.2 Å². The number of aryl methyl sites for hydroxylation is 1. The average Bonchev–Trinajstić information content (AvgIpc) is 2.53. The van der Waals surface area contributed by atoms with Crippen molar-refractivity contribution in [1.82, 2.24) is 0 Å². The van der Waals surface area contributed by atoms with Crippen LogP contribution < -0.4 is 10.1 Å². The van der Waals surface area contributed by atoms with E-state index in [0.29, 0.717) is 11.3 Å². The number of rotatable bonds is 5. The predicted octanol–water partition coefficient (Wildman–Crippen LogP) is 3.14. The molecular weight excluding hydrogens is 264 g/mol. The molecule has 0 saturated carbocycles. The lowest BCUT2D eigenvalue weighted by molar-refractivity contribution is -0.118. The van der Waals surface area contributed by atoms with Crippen molar-refractivity contribution in [3.63, 3.8) is 0 Å². The fourth-order valence-electron chi connectivity index (χ4n) is 1.87. The molecule has 1 amide bonds. The van der Waals surface area contributed by atoms with Gasteiger partial charge in [-0.1, -0.05) is 25.1 Å². The Morgan fingerprint density at radius 1 is 1.24 bits per heavy atom. The number of benzene rings is 2. The van der Waals surface area contributed by atoms with E-state index in [0.717, 1.165) is 17.7 Å². The largest absolute Gasteiger partial charge is 0.484 e. The van der Waals surface area contributed by atoms with Crippen LogP contribution in [0.2, 0.25) is 0 Å². The first-order valence-electron chi connectivity index (χ1n) is 6.73. The van der Waals surface area contributed by atoms with Gasteiger partial charge in [0.05, 0.1) is 11.6 Å². The van der Waals surface area contributed by atoms with Crippen molar-refractivity contribution >= 4 is 11.6 Å². The minimum absolute atomic E-state index is 0.0920. The highest BCUT2D eigenvalue weighted by Gasteiger charge is 2.04. The molecule has 0 unspecified atom stereocenters. The lowest BCUT2D eigenvalue weighted by atomic mass is 10.1. The summed E-state index contributed by atoms with van der Waals surface area (Å²) in [7, 11) is 0. The van der Waals surface area contributed by atoms with Gasteiger partial charge in [0.25, 0.3) is 5.91 Å². The molecule has 0 radical (unpaired) electrons. The van der Waals surface area contributed by atoms with Gasteiger partial charge in [-0.05, 0) is 42.3 Å². The number of nitriles is 1. The van der Waals surface area contributed by atoms with E-state index in [1.54, 1.807) is 24.3 Å². The van der Waals surface area contributed by atoms with Gasteiger partial charge in [0, 0.05) is 5.69 Å². The monoisotopic (exact) mass is 280 g/mol. The second-order valence-electron chi connectivity index (χ2n) is 4.53. The number of carbonyl (C=O) groups is 1. The number of amides is 1. The summed E-state index contributed by atoms with van der Waals surface area (Å²) in [5, 5.41) is 11.6.